The second-order valence-electron chi connectivity index (χ2n) is 0.447. The molecule has 0 aliphatic heterocycles. The molecule has 6 heavy (non-hydrogen) atoms. The first-order valence-electron chi connectivity index (χ1n) is 0.730. The molecule has 4 nitrogen and oxygen atoms in total. The van der Waals surface area contributed by atoms with Crippen LogP contribution in [0.2, 0.25) is 0 Å². The average molecular weight is 152 g/mol. The summed E-state index contributed by atoms with van der Waals surface area (Å²) in [5, 5.41) is 0. The fraction of sp³-hybridized carbons (Fsp3) is 0. The molecule has 37 valence electrons. The smallest absolute Gasteiger partial charge is 0.822 e. The number of rotatable bonds is 0. The summed E-state index contributed by atoms with van der Waals surface area (Å²) in [5.41, 5.74) is 0. The van der Waals surface area contributed by atoms with Gasteiger partial charge < -0.3 is 19.2 Å². The minimum Gasteiger partial charge on any atom is -0.822 e. The fourth-order valence-electron chi connectivity index (χ4n) is 0. The third-order valence-electron chi connectivity index (χ3n) is 0. The molecule has 6 heteroatoms. The summed E-state index contributed by atoms with van der Waals surface area (Å²) < 4.78 is 8.55. The van der Waals surface area contributed by atoms with E-state index in [9.17, 15) is 0 Å². The summed E-state index contributed by atoms with van der Waals surface area (Å²) in [4.78, 5) is 25.6. The number of hydrogen-bond donors (Lipinski definition) is 0. The van der Waals surface area contributed by atoms with Gasteiger partial charge in [-0.2, -0.15) is 7.82 Å². The monoisotopic (exact) mass is 152 g/mol. The van der Waals surface area contributed by atoms with Gasteiger partial charge in [-0.25, -0.2) is 0 Å². The van der Waals surface area contributed by atoms with E-state index in [-0.39, 0.29) is 19.9 Å². The van der Waals surface area contributed by atoms with E-state index in [1.807, 2.05) is 0 Å². The summed E-state index contributed by atoms with van der Waals surface area (Å²) in [5.74, 6) is 0. The second kappa shape index (κ2) is 2.75. The quantitative estimate of drug-likeness (QED) is 0.281. The second-order valence-corrected chi connectivity index (χ2v) is 1.34. The SMILES string of the molecule is O=P([O-])([O-])[O-].[H+].[H+].[Mn+2]. The van der Waals surface area contributed by atoms with Crippen molar-refractivity contribution in [2.75, 3.05) is 0 Å². The van der Waals surface area contributed by atoms with Gasteiger partial charge in [0.15, 0.2) is 0 Å². The van der Waals surface area contributed by atoms with E-state index in [1.165, 1.54) is 0 Å². The molecule has 0 aromatic heterocycles. The van der Waals surface area contributed by atoms with E-state index in [0.29, 0.717) is 0 Å². The molecular weight excluding hydrogens is 150 g/mol. The van der Waals surface area contributed by atoms with E-state index in [4.69, 9.17) is 19.2 Å². The zero-order chi connectivity index (χ0) is 4.50. The molecule has 0 bridgehead atoms. The molecule has 0 spiro atoms. The van der Waals surface area contributed by atoms with Crippen molar-refractivity contribution in [2.24, 2.45) is 0 Å². The Kier molecular flexibility index (Phi) is 4.49. The minimum atomic E-state index is -5.39. The van der Waals surface area contributed by atoms with Crippen molar-refractivity contribution < 1.29 is 39.2 Å². The van der Waals surface area contributed by atoms with Crippen LogP contribution < -0.4 is 14.7 Å². The van der Waals surface area contributed by atoms with Crippen molar-refractivity contribution in [3.05, 3.63) is 0 Å². The van der Waals surface area contributed by atoms with Crippen LogP contribution in [0.4, 0.5) is 0 Å². The molecule has 1 radical (unpaired) electrons. The van der Waals surface area contributed by atoms with Crippen molar-refractivity contribution in [3.63, 3.8) is 0 Å². The van der Waals surface area contributed by atoms with Gasteiger partial charge in [-0.1, -0.05) is 0 Å². The van der Waals surface area contributed by atoms with Gasteiger partial charge in [-0.15, -0.1) is 0 Å². The molecule has 0 unspecified atom stereocenters. The van der Waals surface area contributed by atoms with E-state index < -0.39 is 7.82 Å². The Bertz CT molecular complexity index is 60.2. The van der Waals surface area contributed by atoms with Crippen molar-refractivity contribution in [1.29, 1.82) is 0 Å². The van der Waals surface area contributed by atoms with Crippen molar-refractivity contribution >= 4 is 7.82 Å². The molecule has 0 fully saturated rings. The summed E-state index contributed by atoms with van der Waals surface area (Å²) in [7, 11) is -5.39. The van der Waals surface area contributed by atoms with Gasteiger partial charge in [-0.3, -0.25) is 0 Å². The maximum atomic E-state index is 8.55. The van der Waals surface area contributed by atoms with Gasteiger partial charge in [0.25, 0.3) is 0 Å². The Morgan fingerprint density at radius 1 is 1.33 bits per heavy atom. The fourth-order valence-corrected chi connectivity index (χ4v) is 0. The standard InChI is InChI=1S/Mn.H3O4P/c;1-5(2,3)4/h;(H3,1,2,3,4)/q+2;/p-1. The molecule has 0 saturated heterocycles. The van der Waals surface area contributed by atoms with Crippen molar-refractivity contribution in [1.82, 2.24) is 0 Å². The number of phosphoric acid groups is 1. The van der Waals surface area contributed by atoms with Gasteiger partial charge in [-0.05, 0) is 0 Å². The van der Waals surface area contributed by atoms with E-state index in [0.717, 1.165) is 0 Å². The Morgan fingerprint density at radius 2 is 1.33 bits per heavy atom. The first-order chi connectivity index (χ1) is 2.00. The normalized spacial score (nSPS) is 9.83. The van der Waals surface area contributed by atoms with Gasteiger partial charge in [0, 0.05) is 0 Å². The van der Waals surface area contributed by atoms with Crippen LogP contribution in [-0.2, 0) is 21.6 Å². The maximum absolute atomic E-state index is 8.55. The first-order valence-corrected chi connectivity index (χ1v) is 2.19. The molecule has 0 aliphatic carbocycles. The zero-order valence-electron chi connectivity index (χ0n) is 4.46. The summed E-state index contributed by atoms with van der Waals surface area (Å²) in [6.45, 7) is 0. The molecule has 0 N–H and O–H groups in total. The Labute approximate surface area is 47.9 Å². The van der Waals surface area contributed by atoms with Gasteiger partial charge in [0.1, 0.15) is 0 Å². The van der Waals surface area contributed by atoms with Crippen LogP contribution in [0.5, 0.6) is 0 Å². The molecular formula is H2MnO4P+. The van der Waals surface area contributed by atoms with Crippen molar-refractivity contribution in [2.45, 2.75) is 0 Å². The summed E-state index contributed by atoms with van der Waals surface area (Å²) in [6, 6.07) is 0. The molecule has 0 heterocycles. The third kappa shape index (κ3) is 154. The number of hydrogen-bond acceptors (Lipinski definition) is 4. The third-order valence-corrected chi connectivity index (χ3v) is 0. The molecule has 0 atom stereocenters. The summed E-state index contributed by atoms with van der Waals surface area (Å²) in [6.07, 6.45) is 0. The molecule has 0 aromatic carbocycles. The average Bonchev–Trinajstić information content (AvgIpc) is 0.722. The Balaban J connectivity index is -0.0000000267. The van der Waals surface area contributed by atoms with Crippen LogP contribution in [-0.4, -0.2) is 0 Å². The predicted octanol–water partition coefficient (Wildman–Crippen LogP) is -2.60. The van der Waals surface area contributed by atoms with Crippen LogP contribution in [0.3, 0.4) is 0 Å². The first kappa shape index (κ1) is 9.80. The van der Waals surface area contributed by atoms with Crippen LogP contribution >= 0.6 is 7.82 Å². The summed E-state index contributed by atoms with van der Waals surface area (Å²) >= 11 is 0. The zero-order valence-corrected chi connectivity index (χ0v) is 4.53. The molecule has 0 amide bonds. The van der Waals surface area contributed by atoms with Crippen LogP contribution in [0.25, 0.3) is 0 Å². The Morgan fingerprint density at radius 3 is 1.33 bits per heavy atom. The van der Waals surface area contributed by atoms with Gasteiger partial charge in [0.2, 0.25) is 0 Å². The van der Waals surface area contributed by atoms with Crippen LogP contribution in [0, 0.1) is 0 Å². The predicted molar refractivity (Wildman–Crippen MR) is 9.83 cm³/mol. The molecule has 0 saturated carbocycles. The van der Waals surface area contributed by atoms with Crippen molar-refractivity contribution in [3.8, 4) is 0 Å². The maximum Gasteiger partial charge on any atom is 2.00 e. The van der Waals surface area contributed by atoms with Crippen LogP contribution in [0.1, 0.15) is 2.85 Å². The molecule has 0 aliphatic rings. The Hall–Kier alpha value is 0.629. The van der Waals surface area contributed by atoms with E-state index in [1.54, 1.807) is 0 Å². The van der Waals surface area contributed by atoms with Gasteiger partial charge >= 0.3 is 19.9 Å². The largest absolute Gasteiger partial charge is 2.00 e. The molecule has 0 aromatic rings. The van der Waals surface area contributed by atoms with E-state index in [2.05, 4.69) is 0 Å². The van der Waals surface area contributed by atoms with Crippen LogP contribution in [0.15, 0.2) is 0 Å². The minimum absolute atomic E-state index is 0. The topological polar surface area (TPSA) is 86.2 Å². The van der Waals surface area contributed by atoms with E-state index >= 15 is 0 Å². The molecule has 0 rings (SSSR count). The van der Waals surface area contributed by atoms with Gasteiger partial charge in [0.05, 0.1) is 0 Å².